The van der Waals surface area contributed by atoms with Gasteiger partial charge in [0, 0.05) is 24.4 Å². The highest BCUT2D eigenvalue weighted by Crippen LogP contribution is 2.40. The second-order valence-electron chi connectivity index (χ2n) is 6.76. The van der Waals surface area contributed by atoms with Gasteiger partial charge in [-0.15, -0.1) is 11.8 Å². The van der Waals surface area contributed by atoms with E-state index in [1.165, 1.54) is 12.1 Å². The van der Waals surface area contributed by atoms with E-state index in [1.54, 1.807) is 0 Å². The zero-order valence-electron chi connectivity index (χ0n) is 16.3. The molecule has 0 aliphatic carbocycles. The number of thioether (sulfide) groups is 1. The van der Waals surface area contributed by atoms with Crippen LogP contribution < -0.4 is 5.32 Å². The molecule has 3 unspecified atom stereocenters. The SMILES string of the molecule is CC(=O)OCC1=C(C(=O)O)N2C(=O)C(NC(=O)C(n3cccc3C=O)S(=O)(=O)O)C2SC1. The highest BCUT2D eigenvalue weighted by molar-refractivity contribution is 8.00. The van der Waals surface area contributed by atoms with E-state index in [4.69, 9.17) is 4.74 Å². The summed E-state index contributed by atoms with van der Waals surface area (Å²) in [6.45, 7) is 0.816. The topological polar surface area (TPSA) is 189 Å². The molecular formula is C17H17N3O10S2. The van der Waals surface area contributed by atoms with Gasteiger partial charge in [0.05, 0.1) is 5.69 Å². The number of ether oxygens (including phenoxy) is 1. The van der Waals surface area contributed by atoms with Crippen molar-refractivity contribution in [3.8, 4) is 0 Å². The van der Waals surface area contributed by atoms with Gasteiger partial charge in [-0.25, -0.2) is 4.79 Å². The molecule has 3 N–H and O–H groups in total. The highest BCUT2D eigenvalue weighted by Gasteiger charge is 2.55. The van der Waals surface area contributed by atoms with Crippen LogP contribution in [0.15, 0.2) is 29.6 Å². The molecule has 0 saturated carbocycles. The minimum absolute atomic E-state index is 0.0738. The summed E-state index contributed by atoms with van der Waals surface area (Å²) in [5, 5.41) is 8.63. The van der Waals surface area contributed by atoms with Gasteiger partial charge in [0.2, 0.25) is 5.37 Å². The van der Waals surface area contributed by atoms with E-state index < -0.39 is 50.7 Å². The Bertz CT molecular complexity index is 1140. The van der Waals surface area contributed by atoms with Crippen LogP contribution in [0.4, 0.5) is 0 Å². The van der Waals surface area contributed by atoms with Gasteiger partial charge in [0.1, 0.15) is 23.7 Å². The number of aromatic nitrogens is 1. The molecule has 32 heavy (non-hydrogen) atoms. The van der Waals surface area contributed by atoms with Crippen molar-refractivity contribution in [2.75, 3.05) is 12.4 Å². The van der Waals surface area contributed by atoms with Gasteiger partial charge in [0.15, 0.2) is 6.29 Å². The maximum absolute atomic E-state index is 12.7. The van der Waals surface area contributed by atoms with Crippen molar-refractivity contribution in [1.29, 1.82) is 0 Å². The number of nitrogens with zero attached hydrogens (tertiary/aromatic N) is 2. The van der Waals surface area contributed by atoms with Gasteiger partial charge < -0.3 is 19.7 Å². The van der Waals surface area contributed by atoms with Gasteiger partial charge in [-0.2, -0.15) is 8.42 Å². The number of nitrogens with one attached hydrogen (secondary N) is 1. The van der Waals surface area contributed by atoms with Crippen molar-refractivity contribution in [1.82, 2.24) is 14.8 Å². The summed E-state index contributed by atoms with van der Waals surface area (Å²) >= 11 is 1.08. The second kappa shape index (κ2) is 8.76. The lowest BCUT2D eigenvalue weighted by Gasteiger charge is -2.49. The summed E-state index contributed by atoms with van der Waals surface area (Å²) in [5.74, 6) is -4.10. The number of aldehydes is 1. The molecule has 15 heteroatoms. The number of carbonyl (C=O) groups is 5. The van der Waals surface area contributed by atoms with E-state index in [-0.39, 0.29) is 35.6 Å². The molecule has 0 aromatic carbocycles. The smallest absolute Gasteiger partial charge is 0.352 e. The molecule has 2 aliphatic heterocycles. The van der Waals surface area contributed by atoms with Crippen LogP contribution in [0, 0.1) is 0 Å². The van der Waals surface area contributed by atoms with Crippen molar-refractivity contribution < 1.29 is 46.8 Å². The lowest BCUT2D eigenvalue weighted by molar-refractivity contribution is -0.151. The Morgan fingerprint density at radius 1 is 1.41 bits per heavy atom. The molecule has 3 heterocycles. The summed E-state index contributed by atoms with van der Waals surface area (Å²) in [7, 11) is -5.04. The quantitative estimate of drug-likeness (QED) is 0.176. The fourth-order valence-electron chi connectivity index (χ4n) is 3.33. The number of aliphatic carboxylic acids is 1. The predicted octanol–water partition coefficient (Wildman–Crippen LogP) is -1.01. The molecule has 1 fully saturated rings. The summed E-state index contributed by atoms with van der Waals surface area (Å²) in [5.41, 5.74) is -0.404. The van der Waals surface area contributed by atoms with Gasteiger partial charge in [-0.1, -0.05) is 0 Å². The van der Waals surface area contributed by atoms with Crippen molar-refractivity contribution >= 4 is 51.9 Å². The van der Waals surface area contributed by atoms with E-state index in [0.717, 1.165) is 34.3 Å². The fourth-order valence-corrected chi connectivity index (χ4v) is 5.48. The van der Waals surface area contributed by atoms with Crippen LogP contribution in [0.1, 0.15) is 22.8 Å². The fraction of sp³-hybridized carbons (Fsp3) is 0.353. The standard InChI is InChI=1S/C17H17N3O10S2/c1-8(22)30-6-9-7-31-15-11(14(24)20(15)12(9)17(25)26)18-13(23)16(32(27,28)29)19-4-2-3-10(19)5-21/h2-5,11,15-16H,6-7H2,1H3,(H,18,23)(H,25,26)(H,27,28,29). The summed E-state index contributed by atoms with van der Waals surface area (Å²) in [4.78, 5) is 60.1. The molecule has 3 atom stereocenters. The number of hydrogen-bond acceptors (Lipinski definition) is 9. The molecule has 13 nitrogen and oxygen atoms in total. The van der Waals surface area contributed by atoms with E-state index in [2.05, 4.69) is 5.32 Å². The molecule has 0 spiro atoms. The number of fused-ring (bicyclic) bond motifs is 1. The monoisotopic (exact) mass is 487 g/mol. The molecule has 2 amide bonds. The second-order valence-corrected chi connectivity index (χ2v) is 9.34. The van der Waals surface area contributed by atoms with E-state index in [9.17, 15) is 42.0 Å². The van der Waals surface area contributed by atoms with Gasteiger partial charge in [0.25, 0.3) is 21.9 Å². The zero-order valence-corrected chi connectivity index (χ0v) is 18.0. The number of amides is 2. The van der Waals surface area contributed by atoms with Crippen LogP contribution in [0.3, 0.4) is 0 Å². The zero-order chi connectivity index (χ0) is 23.8. The Morgan fingerprint density at radius 3 is 2.66 bits per heavy atom. The average Bonchev–Trinajstić information content (AvgIpc) is 3.16. The highest BCUT2D eigenvalue weighted by atomic mass is 32.2. The minimum atomic E-state index is -5.04. The van der Waals surface area contributed by atoms with Crippen molar-refractivity contribution in [2.45, 2.75) is 23.7 Å². The minimum Gasteiger partial charge on any atom is -0.477 e. The molecule has 1 aromatic heterocycles. The third kappa shape index (κ3) is 4.26. The first-order valence-electron chi connectivity index (χ1n) is 8.89. The Morgan fingerprint density at radius 2 is 2.09 bits per heavy atom. The lowest BCUT2D eigenvalue weighted by atomic mass is 10.0. The molecule has 0 bridgehead atoms. The first-order valence-corrected chi connectivity index (χ1v) is 11.4. The number of hydrogen-bond donors (Lipinski definition) is 3. The van der Waals surface area contributed by atoms with Crippen LogP contribution in [0.25, 0.3) is 0 Å². The number of rotatable bonds is 8. The predicted molar refractivity (Wildman–Crippen MR) is 107 cm³/mol. The summed E-state index contributed by atoms with van der Waals surface area (Å²) < 4.78 is 38.8. The van der Waals surface area contributed by atoms with E-state index in [1.807, 2.05) is 0 Å². The van der Waals surface area contributed by atoms with Crippen LogP contribution in [-0.2, 0) is 34.0 Å². The van der Waals surface area contributed by atoms with Gasteiger partial charge in [-0.3, -0.25) is 28.6 Å². The van der Waals surface area contributed by atoms with Gasteiger partial charge >= 0.3 is 11.9 Å². The third-order valence-corrected chi connectivity index (χ3v) is 7.03. The normalized spacial score (nSPS) is 21.3. The number of carboxylic acid groups (broad SMARTS) is 1. The first kappa shape index (κ1) is 23.5. The number of carbonyl (C=O) groups excluding carboxylic acids is 4. The third-order valence-electron chi connectivity index (χ3n) is 4.69. The Hall–Kier alpha value is -3.17. The first-order chi connectivity index (χ1) is 15.0. The van der Waals surface area contributed by atoms with Crippen molar-refractivity contribution in [3.63, 3.8) is 0 Å². The molecule has 3 rings (SSSR count). The van der Waals surface area contributed by atoms with Crippen molar-refractivity contribution in [2.24, 2.45) is 0 Å². The van der Waals surface area contributed by atoms with Crippen LogP contribution >= 0.6 is 11.8 Å². The molecule has 172 valence electrons. The van der Waals surface area contributed by atoms with Crippen LogP contribution in [0.5, 0.6) is 0 Å². The van der Waals surface area contributed by atoms with E-state index >= 15 is 0 Å². The van der Waals surface area contributed by atoms with E-state index in [0.29, 0.717) is 0 Å². The van der Waals surface area contributed by atoms with Gasteiger partial charge in [-0.05, 0) is 12.1 Å². The number of β-lactam (4-membered cyclic amide) rings is 1. The maximum Gasteiger partial charge on any atom is 0.352 e. The molecule has 1 aromatic rings. The van der Waals surface area contributed by atoms with Crippen LogP contribution in [0.2, 0.25) is 0 Å². The molecular weight excluding hydrogens is 470 g/mol. The van der Waals surface area contributed by atoms with Crippen molar-refractivity contribution in [3.05, 3.63) is 35.3 Å². The Labute approximate surface area is 185 Å². The summed E-state index contributed by atoms with van der Waals surface area (Å²) in [6, 6.07) is 1.23. The molecule has 2 aliphatic rings. The van der Waals surface area contributed by atoms with Crippen LogP contribution in [-0.4, -0.2) is 81.4 Å². The molecule has 1 saturated heterocycles. The number of esters is 1. The number of carboxylic acids is 1. The Kier molecular flexibility index (Phi) is 6.43. The maximum atomic E-state index is 12.7. The summed E-state index contributed by atoms with van der Waals surface area (Å²) in [6.07, 6.45) is 1.38. The Balaban J connectivity index is 1.84. The molecule has 0 radical (unpaired) electrons. The average molecular weight is 487 g/mol. The lowest BCUT2D eigenvalue weighted by Crippen LogP contribution is -2.71. The largest absolute Gasteiger partial charge is 0.477 e.